The van der Waals surface area contributed by atoms with Crippen molar-refractivity contribution in [3.05, 3.63) is 28.5 Å². The van der Waals surface area contributed by atoms with Crippen LogP contribution in [0.4, 0.5) is 0 Å². The van der Waals surface area contributed by atoms with Crippen molar-refractivity contribution in [3.8, 4) is 0 Å². The van der Waals surface area contributed by atoms with Crippen molar-refractivity contribution in [1.82, 2.24) is 9.97 Å². The maximum absolute atomic E-state index is 10.6. The number of aromatic carboxylic acids is 1. The highest BCUT2D eigenvalue weighted by atomic mass is 35.5. The molecule has 5 heteroatoms. The average molecular weight is 211 g/mol. The molecule has 2 N–H and O–H groups in total. The molecule has 2 rings (SSSR count). The molecule has 72 valence electrons. The maximum Gasteiger partial charge on any atom is 0.371 e. The van der Waals surface area contributed by atoms with E-state index in [0.717, 1.165) is 5.56 Å². The highest BCUT2D eigenvalue weighted by Gasteiger charge is 2.12. The molecule has 0 amide bonds. The van der Waals surface area contributed by atoms with E-state index in [-0.39, 0.29) is 5.82 Å². The van der Waals surface area contributed by atoms with Crippen molar-refractivity contribution >= 4 is 28.6 Å². The third-order valence-electron chi connectivity index (χ3n) is 1.99. The Kier molecular flexibility index (Phi) is 1.93. The Labute approximate surface area is 84.5 Å². The minimum Gasteiger partial charge on any atom is -0.475 e. The summed E-state index contributed by atoms with van der Waals surface area (Å²) in [4.78, 5) is 17.2. The van der Waals surface area contributed by atoms with Gasteiger partial charge in [-0.1, -0.05) is 17.7 Å². The highest BCUT2D eigenvalue weighted by Crippen LogP contribution is 2.24. The second kappa shape index (κ2) is 2.99. The summed E-state index contributed by atoms with van der Waals surface area (Å²) in [6.07, 6.45) is 0. The van der Waals surface area contributed by atoms with Gasteiger partial charge in [-0.05, 0) is 18.6 Å². The predicted octanol–water partition coefficient (Wildman–Crippen LogP) is 2.22. The Morgan fingerprint density at radius 1 is 1.57 bits per heavy atom. The first kappa shape index (κ1) is 9.02. The summed E-state index contributed by atoms with van der Waals surface area (Å²) in [5, 5.41) is 9.20. The molecule has 1 heterocycles. The number of halogens is 1. The highest BCUT2D eigenvalue weighted by molar-refractivity contribution is 6.35. The van der Waals surface area contributed by atoms with Crippen molar-refractivity contribution in [2.75, 3.05) is 0 Å². The lowest BCUT2D eigenvalue weighted by Gasteiger charge is -1.95. The number of carbonyl (C=O) groups is 1. The zero-order valence-corrected chi connectivity index (χ0v) is 8.09. The van der Waals surface area contributed by atoms with Crippen molar-refractivity contribution in [1.29, 1.82) is 0 Å². The molecule has 0 aliphatic carbocycles. The van der Waals surface area contributed by atoms with Gasteiger partial charge < -0.3 is 10.1 Å². The number of hydrogen-bond acceptors (Lipinski definition) is 2. The number of carboxylic acid groups (broad SMARTS) is 1. The summed E-state index contributed by atoms with van der Waals surface area (Å²) < 4.78 is 0. The van der Waals surface area contributed by atoms with Crippen LogP contribution < -0.4 is 0 Å². The van der Waals surface area contributed by atoms with Gasteiger partial charge in [0.05, 0.1) is 10.5 Å². The monoisotopic (exact) mass is 210 g/mol. The first-order chi connectivity index (χ1) is 6.59. The van der Waals surface area contributed by atoms with Gasteiger partial charge in [0.15, 0.2) is 0 Å². The second-order valence-electron chi connectivity index (χ2n) is 2.98. The number of nitrogens with one attached hydrogen (secondary N) is 1. The lowest BCUT2D eigenvalue weighted by molar-refractivity contribution is 0.0685. The van der Waals surface area contributed by atoms with Crippen LogP contribution in [0.15, 0.2) is 12.1 Å². The van der Waals surface area contributed by atoms with Gasteiger partial charge in [0.1, 0.15) is 5.52 Å². The van der Waals surface area contributed by atoms with Crippen LogP contribution in [0.2, 0.25) is 5.02 Å². The Balaban J connectivity index is 2.77. The topological polar surface area (TPSA) is 66.0 Å². The Bertz CT molecular complexity index is 519. The number of nitrogens with zero attached hydrogens (tertiary/aromatic N) is 1. The molecule has 0 fully saturated rings. The summed E-state index contributed by atoms with van der Waals surface area (Å²) in [5.41, 5.74) is 2.02. The number of aromatic nitrogens is 2. The minimum atomic E-state index is -1.09. The minimum absolute atomic E-state index is 0.0903. The van der Waals surface area contributed by atoms with Crippen molar-refractivity contribution < 1.29 is 9.90 Å². The van der Waals surface area contributed by atoms with Crippen LogP contribution in [0.3, 0.4) is 0 Å². The Hall–Kier alpha value is -1.55. The summed E-state index contributed by atoms with van der Waals surface area (Å²) in [5.74, 6) is -1.18. The van der Waals surface area contributed by atoms with E-state index in [1.54, 1.807) is 6.07 Å². The smallest absolute Gasteiger partial charge is 0.371 e. The molecule has 0 unspecified atom stereocenters. The van der Waals surface area contributed by atoms with Crippen LogP contribution in [0.5, 0.6) is 0 Å². The van der Waals surface area contributed by atoms with Gasteiger partial charge in [-0.3, -0.25) is 0 Å². The summed E-state index contributed by atoms with van der Waals surface area (Å²) >= 11 is 5.97. The van der Waals surface area contributed by atoms with Crippen LogP contribution in [-0.2, 0) is 0 Å². The van der Waals surface area contributed by atoms with E-state index in [1.807, 2.05) is 13.0 Å². The number of fused-ring (bicyclic) bond motifs is 1. The van der Waals surface area contributed by atoms with E-state index in [1.165, 1.54) is 0 Å². The standard InChI is InChI=1S/C9H7ClN2O2/c1-4-2-3-5-7(6(4)10)12-8(11-5)9(13)14/h2-3H,1H3,(H,11,12)(H,13,14). The number of rotatable bonds is 1. The van der Waals surface area contributed by atoms with Gasteiger partial charge in [0.25, 0.3) is 0 Å². The van der Waals surface area contributed by atoms with Crippen LogP contribution in [0, 0.1) is 6.92 Å². The number of H-pyrrole nitrogens is 1. The maximum atomic E-state index is 10.6. The predicted molar refractivity (Wildman–Crippen MR) is 52.8 cm³/mol. The molecule has 14 heavy (non-hydrogen) atoms. The first-order valence-electron chi connectivity index (χ1n) is 3.97. The van der Waals surface area contributed by atoms with Crippen LogP contribution in [0.1, 0.15) is 16.2 Å². The van der Waals surface area contributed by atoms with Gasteiger partial charge in [0.2, 0.25) is 5.82 Å². The third-order valence-corrected chi connectivity index (χ3v) is 2.47. The van der Waals surface area contributed by atoms with Crippen LogP contribution in [-0.4, -0.2) is 21.0 Å². The van der Waals surface area contributed by atoms with Gasteiger partial charge in [-0.15, -0.1) is 0 Å². The fourth-order valence-electron chi connectivity index (χ4n) is 1.24. The van der Waals surface area contributed by atoms with E-state index in [4.69, 9.17) is 16.7 Å². The number of benzene rings is 1. The fraction of sp³-hybridized carbons (Fsp3) is 0.111. The molecular weight excluding hydrogens is 204 g/mol. The van der Waals surface area contributed by atoms with E-state index in [9.17, 15) is 4.79 Å². The van der Waals surface area contributed by atoms with E-state index in [2.05, 4.69) is 9.97 Å². The molecule has 1 aromatic heterocycles. The van der Waals surface area contributed by atoms with Gasteiger partial charge in [0, 0.05) is 0 Å². The third kappa shape index (κ3) is 1.24. The van der Waals surface area contributed by atoms with Crippen LogP contribution in [0.25, 0.3) is 11.0 Å². The number of carboxylic acids is 1. The molecule has 0 spiro atoms. The number of aromatic amines is 1. The molecule has 4 nitrogen and oxygen atoms in total. The van der Waals surface area contributed by atoms with E-state index in [0.29, 0.717) is 16.1 Å². The number of imidazole rings is 1. The number of aryl methyl sites for hydroxylation is 1. The summed E-state index contributed by atoms with van der Waals surface area (Å²) in [7, 11) is 0. The fourth-order valence-corrected chi connectivity index (χ4v) is 1.45. The van der Waals surface area contributed by atoms with E-state index < -0.39 is 5.97 Å². The molecule has 0 aliphatic heterocycles. The normalized spacial score (nSPS) is 10.7. The SMILES string of the molecule is Cc1ccc2[nH]c(C(=O)O)nc2c1Cl. The van der Waals surface area contributed by atoms with Crippen molar-refractivity contribution in [2.24, 2.45) is 0 Å². The Morgan fingerprint density at radius 3 is 2.93 bits per heavy atom. The molecule has 0 aliphatic rings. The van der Waals surface area contributed by atoms with Crippen molar-refractivity contribution in [2.45, 2.75) is 6.92 Å². The Morgan fingerprint density at radius 2 is 2.29 bits per heavy atom. The largest absolute Gasteiger partial charge is 0.475 e. The molecular formula is C9H7ClN2O2. The molecule has 0 radical (unpaired) electrons. The molecule has 0 bridgehead atoms. The lowest BCUT2D eigenvalue weighted by Crippen LogP contribution is -1.97. The molecule has 0 saturated heterocycles. The lowest BCUT2D eigenvalue weighted by atomic mass is 10.2. The van der Waals surface area contributed by atoms with Gasteiger partial charge in [-0.25, -0.2) is 9.78 Å². The molecule has 0 saturated carbocycles. The van der Waals surface area contributed by atoms with Crippen LogP contribution >= 0.6 is 11.6 Å². The molecule has 0 atom stereocenters. The zero-order chi connectivity index (χ0) is 10.3. The van der Waals surface area contributed by atoms with Crippen molar-refractivity contribution in [3.63, 3.8) is 0 Å². The number of hydrogen-bond donors (Lipinski definition) is 2. The molecule has 1 aromatic carbocycles. The van der Waals surface area contributed by atoms with Gasteiger partial charge in [-0.2, -0.15) is 0 Å². The molecule has 2 aromatic rings. The average Bonchev–Trinajstić information content (AvgIpc) is 2.56. The summed E-state index contributed by atoms with van der Waals surface area (Å²) in [6, 6.07) is 3.57. The first-order valence-corrected chi connectivity index (χ1v) is 4.35. The van der Waals surface area contributed by atoms with E-state index >= 15 is 0 Å². The quantitative estimate of drug-likeness (QED) is 0.759. The summed E-state index contributed by atoms with van der Waals surface area (Å²) in [6.45, 7) is 1.84. The zero-order valence-electron chi connectivity index (χ0n) is 7.34. The van der Waals surface area contributed by atoms with Gasteiger partial charge >= 0.3 is 5.97 Å². The second-order valence-corrected chi connectivity index (χ2v) is 3.36.